The molecule has 0 saturated carbocycles. The van der Waals surface area contributed by atoms with Crippen LogP contribution in [0, 0.1) is 5.82 Å². The van der Waals surface area contributed by atoms with Crippen LogP contribution in [0.4, 0.5) is 4.39 Å². The van der Waals surface area contributed by atoms with Crippen LogP contribution in [-0.4, -0.2) is 9.55 Å². The Hall–Kier alpha value is -2.11. The Kier molecular flexibility index (Phi) is 4.03. The van der Waals surface area contributed by atoms with Crippen LogP contribution in [0.5, 0.6) is 0 Å². The molecule has 1 heterocycles. The van der Waals surface area contributed by atoms with E-state index in [0.29, 0.717) is 12.1 Å². The molecule has 21 heavy (non-hydrogen) atoms. The van der Waals surface area contributed by atoms with E-state index in [0.717, 1.165) is 16.3 Å². The first-order chi connectivity index (χ1) is 10.3. The first-order valence-electron chi connectivity index (χ1n) is 6.49. The van der Waals surface area contributed by atoms with E-state index in [9.17, 15) is 4.39 Å². The fourth-order valence-electron chi connectivity index (χ4n) is 2.19. The van der Waals surface area contributed by atoms with Crippen molar-refractivity contribution in [3.63, 3.8) is 0 Å². The molecule has 0 saturated heterocycles. The van der Waals surface area contributed by atoms with E-state index < -0.39 is 0 Å². The first kappa shape index (κ1) is 13.9. The number of imidazole rings is 1. The normalized spacial score (nSPS) is 10.8. The summed E-state index contributed by atoms with van der Waals surface area (Å²) in [5.74, 6) is 0.610. The van der Waals surface area contributed by atoms with Crippen molar-refractivity contribution in [2.24, 2.45) is 5.14 Å². The maximum atomic E-state index is 13.8. The van der Waals surface area contributed by atoms with E-state index >= 15 is 0 Å². The highest BCUT2D eigenvalue weighted by Gasteiger charge is 2.08. The lowest BCUT2D eigenvalue weighted by molar-refractivity contribution is 0.600. The summed E-state index contributed by atoms with van der Waals surface area (Å²) in [6.07, 6.45) is 3.58. The van der Waals surface area contributed by atoms with Gasteiger partial charge in [-0.2, -0.15) is 0 Å². The zero-order valence-electron chi connectivity index (χ0n) is 11.2. The predicted molar refractivity (Wildman–Crippen MR) is 83.2 cm³/mol. The molecule has 0 spiro atoms. The van der Waals surface area contributed by atoms with E-state index in [1.165, 1.54) is 18.0 Å². The summed E-state index contributed by atoms with van der Waals surface area (Å²) in [7, 11) is 0. The molecular weight excluding hydrogens is 285 g/mol. The maximum absolute atomic E-state index is 13.8. The molecule has 2 aromatic carbocycles. The quantitative estimate of drug-likeness (QED) is 0.747. The number of nitrogens with zero attached hydrogens (tertiary/aromatic N) is 2. The molecule has 0 aliphatic heterocycles. The molecule has 0 aliphatic rings. The average molecular weight is 299 g/mol. The van der Waals surface area contributed by atoms with E-state index in [4.69, 9.17) is 5.14 Å². The highest BCUT2D eigenvalue weighted by atomic mass is 32.2. The molecule has 0 amide bonds. The highest BCUT2D eigenvalue weighted by molar-refractivity contribution is 7.97. The maximum Gasteiger partial charge on any atom is 0.140 e. The fourth-order valence-corrected chi connectivity index (χ4v) is 2.48. The zero-order chi connectivity index (χ0) is 14.7. The SMILES string of the molecule is NSc1ccc(-c2nccn2Cc2ccccc2F)cc1. The van der Waals surface area contributed by atoms with Crippen molar-refractivity contribution < 1.29 is 4.39 Å². The van der Waals surface area contributed by atoms with Crippen molar-refractivity contribution in [2.75, 3.05) is 0 Å². The standard InChI is InChI=1S/C16H14FN3S/c17-15-4-2-1-3-13(15)11-20-10-9-19-16(20)12-5-7-14(21-18)8-6-12/h1-10H,11,18H2. The van der Waals surface area contributed by atoms with Crippen molar-refractivity contribution >= 4 is 11.9 Å². The van der Waals surface area contributed by atoms with Gasteiger partial charge in [-0.3, -0.25) is 5.14 Å². The Morgan fingerprint density at radius 1 is 1.10 bits per heavy atom. The number of benzene rings is 2. The summed E-state index contributed by atoms with van der Waals surface area (Å²) in [6, 6.07) is 14.6. The summed E-state index contributed by atoms with van der Waals surface area (Å²) >= 11 is 1.21. The number of hydrogen-bond acceptors (Lipinski definition) is 3. The topological polar surface area (TPSA) is 43.8 Å². The Morgan fingerprint density at radius 3 is 2.57 bits per heavy atom. The van der Waals surface area contributed by atoms with Gasteiger partial charge < -0.3 is 4.57 Å². The molecule has 5 heteroatoms. The van der Waals surface area contributed by atoms with Gasteiger partial charge in [0.15, 0.2) is 0 Å². The molecule has 106 valence electrons. The third kappa shape index (κ3) is 2.99. The van der Waals surface area contributed by atoms with Crippen LogP contribution in [0.2, 0.25) is 0 Å². The largest absolute Gasteiger partial charge is 0.326 e. The van der Waals surface area contributed by atoms with Gasteiger partial charge in [0.2, 0.25) is 0 Å². The lowest BCUT2D eigenvalue weighted by atomic mass is 10.2. The van der Waals surface area contributed by atoms with Gasteiger partial charge in [-0.15, -0.1) is 0 Å². The molecule has 0 fully saturated rings. The second-order valence-electron chi connectivity index (χ2n) is 4.61. The molecule has 0 bridgehead atoms. The van der Waals surface area contributed by atoms with Gasteiger partial charge in [-0.05, 0) is 30.1 Å². The minimum absolute atomic E-state index is 0.202. The number of rotatable bonds is 4. The smallest absolute Gasteiger partial charge is 0.140 e. The molecule has 0 aliphatic carbocycles. The summed E-state index contributed by atoms with van der Waals surface area (Å²) in [4.78, 5) is 5.36. The molecule has 3 aromatic rings. The van der Waals surface area contributed by atoms with E-state index in [1.807, 2.05) is 41.1 Å². The molecular formula is C16H14FN3S. The van der Waals surface area contributed by atoms with Gasteiger partial charge >= 0.3 is 0 Å². The Balaban J connectivity index is 1.91. The van der Waals surface area contributed by atoms with Crippen LogP contribution in [0.3, 0.4) is 0 Å². The monoisotopic (exact) mass is 299 g/mol. The third-order valence-electron chi connectivity index (χ3n) is 3.26. The van der Waals surface area contributed by atoms with Crippen molar-refractivity contribution in [2.45, 2.75) is 11.4 Å². The summed E-state index contributed by atoms with van der Waals surface area (Å²) in [5, 5.41) is 5.52. The third-order valence-corrected chi connectivity index (χ3v) is 3.81. The van der Waals surface area contributed by atoms with Crippen LogP contribution in [0.1, 0.15) is 5.56 Å². The van der Waals surface area contributed by atoms with Gasteiger partial charge in [-0.25, -0.2) is 9.37 Å². The number of nitrogens with two attached hydrogens (primary N) is 1. The number of hydrogen-bond donors (Lipinski definition) is 1. The molecule has 3 nitrogen and oxygen atoms in total. The van der Waals surface area contributed by atoms with Crippen LogP contribution in [-0.2, 0) is 6.54 Å². The second-order valence-corrected chi connectivity index (χ2v) is 5.32. The first-order valence-corrected chi connectivity index (χ1v) is 7.37. The van der Waals surface area contributed by atoms with Crippen molar-refractivity contribution in [1.82, 2.24) is 9.55 Å². The Labute approximate surface area is 126 Å². The average Bonchev–Trinajstić information content (AvgIpc) is 2.98. The number of aromatic nitrogens is 2. The Bertz CT molecular complexity index is 737. The summed E-state index contributed by atoms with van der Waals surface area (Å²) in [6.45, 7) is 0.454. The van der Waals surface area contributed by atoms with Gasteiger partial charge in [0.05, 0.1) is 6.54 Å². The minimum atomic E-state index is -0.202. The lowest BCUT2D eigenvalue weighted by Crippen LogP contribution is -2.03. The highest BCUT2D eigenvalue weighted by Crippen LogP contribution is 2.22. The van der Waals surface area contributed by atoms with Gasteiger partial charge in [0.25, 0.3) is 0 Å². The predicted octanol–water partition coefficient (Wildman–Crippen LogP) is 3.70. The molecule has 1 aromatic heterocycles. The fraction of sp³-hybridized carbons (Fsp3) is 0.0625. The van der Waals surface area contributed by atoms with Crippen LogP contribution < -0.4 is 5.14 Å². The molecule has 0 unspecified atom stereocenters. The minimum Gasteiger partial charge on any atom is -0.326 e. The van der Waals surface area contributed by atoms with E-state index in [2.05, 4.69) is 4.98 Å². The van der Waals surface area contributed by atoms with Gasteiger partial charge in [0, 0.05) is 28.4 Å². The van der Waals surface area contributed by atoms with E-state index in [1.54, 1.807) is 18.3 Å². The second kappa shape index (κ2) is 6.11. The molecule has 3 rings (SSSR count). The zero-order valence-corrected chi connectivity index (χ0v) is 12.1. The summed E-state index contributed by atoms with van der Waals surface area (Å²) < 4.78 is 15.7. The van der Waals surface area contributed by atoms with Crippen molar-refractivity contribution in [1.29, 1.82) is 0 Å². The van der Waals surface area contributed by atoms with Crippen molar-refractivity contribution in [3.05, 3.63) is 72.3 Å². The molecule has 0 radical (unpaired) electrons. The van der Waals surface area contributed by atoms with Crippen LogP contribution >= 0.6 is 11.9 Å². The molecule has 2 N–H and O–H groups in total. The Morgan fingerprint density at radius 2 is 1.86 bits per heavy atom. The summed E-state index contributed by atoms with van der Waals surface area (Å²) in [5.41, 5.74) is 1.63. The van der Waals surface area contributed by atoms with Gasteiger partial charge in [0.1, 0.15) is 11.6 Å². The van der Waals surface area contributed by atoms with Gasteiger partial charge in [-0.1, -0.05) is 30.3 Å². The molecule has 0 atom stereocenters. The lowest BCUT2D eigenvalue weighted by Gasteiger charge is -2.09. The number of halogens is 1. The van der Waals surface area contributed by atoms with Crippen LogP contribution in [0.25, 0.3) is 11.4 Å². The van der Waals surface area contributed by atoms with Crippen LogP contribution in [0.15, 0.2) is 65.8 Å². The van der Waals surface area contributed by atoms with E-state index in [-0.39, 0.29) is 5.82 Å². The van der Waals surface area contributed by atoms with Crippen molar-refractivity contribution in [3.8, 4) is 11.4 Å².